The van der Waals surface area contributed by atoms with Crippen LogP contribution in [-0.4, -0.2) is 41.0 Å². The molecule has 5 unspecified atom stereocenters. The van der Waals surface area contributed by atoms with Crippen molar-refractivity contribution >= 4 is 17.5 Å². The quantitative estimate of drug-likeness (QED) is 0.540. The summed E-state index contributed by atoms with van der Waals surface area (Å²) >= 11 is 0. The average Bonchev–Trinajstić information content (AvgIpc) is 3.53. The number of hydrogen-bond donors (Lipinski definition) is 1. The van der Waals surface area contributed by atoms with Crippen molar-refractivity contribution in [3.05, 3.63) is 52.6 Å². The van der Waals surface area contributed by atoms with Gasteiger partial charge in [0.1, 0.15) is 17.2 Å². The standard InChI is InChI=1S/C22H14O9/c1-8(23)27-14-7-11(25)9-3-2-4-12-16(9)21(14)29-13-6-5-10(24)15-17(13)22(30-12,31-21)20-19(28-20)18(15)26/h2-6,14,19-20,24H,7H2,1H3. The van der Waals surface area contributed by atoms with Crippen LogP contribution >= 0.6 is 0 Å². The number of ketones is 2. The number of benzene rings is 2. The molecule has 9 heteroatoms. The first-order chi connectivity index (χ1) is 14.9. The van der Waals surface area contributed by atoms with Crippen molar-refractivity contribution in [3.8, 4) is 17.2 Å². The van der Waals surface area contributed by atoms with Crippen molar-refractivity contribution < 1.29 is 43.2 Å². The van der Waals surface area contributed by atoms with E-state index in [0.29, 0.717) is 16.9 Å². The molecule has 2 bridgehead atoms. The molecule has 3 aliphatic heterocycles. The number of hydrogen-bond acceptors (Lipinski definition) is 9. The Bertz CT molecular complexity index is 1270. The van der Waals surface area contributed by atoms with Crippen LogP contribution in [0.4, 0.5) is 0 Å². The summed E-state index contributed by atoms with van der Waals surface area (Å²) in [5.41, 5.74) is 0.925. The second kappa shape index (κ2) is 5.06. The molecule has 5 aliphatic rings. The zero-order chi connectivity index (χ0) is 21.3. The number of carbonyl (C=O) groups excluding carboxylic acids is 3. The van der Waals surface area contributed by atoms with Crippen LogP contribution in [0.15, 0.2) is 30.3 Å². The Hall–Kier alpha value is -3.43. The minimum Gasteiger partial charge on any atom is -0.507 e. The van der Waals surface area contributed by atoms with Crippen molar-refractivity contribution in [1.29, 1.82) is 0 Å². The van der Waals surface area contributed by atoms with Gasteiger partial charge in [0.05, 0.1) is 23.1 Å². The number of fused-ring (bicyclic) bond motifs is 1. The lowest BCUT2D eigenvalue weighted by Crippen LogP contribution is -2.66. The molecule has 0 aromatic heterocycles. The molecule has 1 saturated heterocycles. The highest BCUT2D eigenvalue weighted by molar-refractivity contribution is 6.07. The van der Waals surface area contributed by atoms with E-state index in [9.17, 15) is 19.5 Å². The van der Waals surface area contributed by atoms with Crippen LogP contribution < -0.4 is 9.47 Å². The molecule has 5 atom stereocenters. The lowest BCUT2D eigenvalue weighted by molar-refractivity contribution is -0.388. The number of rotatable bonds is 1. The van der Waals surface area contributed by atoms with Gasteiger partial charge in [0.2, 0.25) is 0 Å². The molecule has 2 aliphatic carbocycles. The minimum atomic E-state index is -1.68. The van der Waals surface area contributed by atoms with Gasteiger partial charge in [-0.05, 0) is 18.2 Å². The van der Waals surface area contributed by atoms with E-state index in [2.05, 4.69) is 0 Å². The molecule has 156 valence electrons. The summed E-state index contributed by atoms with van der Waals surface area (Å²) in [6, 6.07) is 7.82. The van der Waals surface area contributed by atoms with Gasteiger partial charge in [-0.3, -0.25) is 19.1 Å². The van der Waals surface area contributed by atoms with Crippen LogP contribution in [0.5, 0.6) is 17.2 Å². The number of esters is 1. The topological polar surface area (TPSA) is 121 Å². The Morgan fingerprint density at radius 3 is 2.68 bits per heavy atom. The molecule has 0 saturated carbocycles. The third-order valence-corrected chi connectivity index (χ3v) is 6.47. The molecule has 2 spiro atoms. The van der Waals surface area contributed by atoms with Crippen molar-refractivity contribution in [2.24, 2.45) is 0 Å². The van der Waals surface area contributed by atoms with Gasteiger partial charge >= 0.3 is 5.97 Å². The fourth-order valence-corrected chi connectivity index (χ4v) is 5.28. The van der Waals surface area contributed by atoms with Gasteiger partial charge in [-0.1, -0.05) is 12.1 Å². The predicted molar refractivity (Wildman–Crippen MR) is 97.7 cm³/mol. The first-order valence-corrected chi connectivity index (χ1v) is 9.84. The summed E-state index contributed by atoms with van der Waals surface area (Å²) in [4.78, 5) is 37.5. The van der Waals surface area contributed by atoms with E-state index in [1.54, 1.807) is 18.2 Å². The molecule has 0 amide bonds. The van der Waals surface area contributed by atoms with Gasteiger partial charge in [0, 0.05) is 12.5 Å². The van der Waals surface area contributed by atoms with E-state index < -0.39 is 35.9 Å². The Kier molecular flexibility index (Phi) is 2.82. The molecular formula is C22H14O9. The third-order valence-electron chi connectivity index (χ3n) is 6.47. The van der Waals surface area contributed by atoms with Gasteiger partial charge in [-0.25, -0.2) is 0 Å². The Morgan fingerprint density at radius 1 is 1.10 bits per heavy atom. The summed E-state index contributed by atoms with van der Waals surface area (Å²) in [5, 5.41) is 10.4. The van der Waals surface area contributed by atoms with Gasteiger partial charge < -0.3 is 24.1 Å². The van der Waals surface area contributed by atoms with Crippen molar-refractivity contribution in [2.45, 2.75) is 43.2 Å². The fourth-order valence-electron chi connectivity index (χ4n) is 5.28. The zero-order valence-electron chi connectivity index (χ0n) is 16.0. The van der Waals surface area contributed by atoms with E-state index in [0.717, 1.165) is 0 Å². The van der Waals surface area contributed by atoms with Crippen LogP contribution in [0.3, 0.4) is 0 Å². The molecule has 0 radical (unpaired) electrons. The smallest absolute Gasteiger partial charge is 0.303 e. The van der Waals surface area contributed by atoms with E-state index in [-0.39, 0.29) is 40.6 Å². The second-order valence-electron chi connectivity index (χ2n) is 8.22. The third kappa shape index (κ3) is 1.83. The summed E-state index contributed by atoms with van der Waals surface area (Å²) in [6.07, 6.45) is -2.86. The number of aromatic hydroxyl groups is 1. The maximum atomic E-state index is 12.8. The summed E-state index contributed by atoms with van der Waals surface area (Å²) in [7, 11) is 0. The molecule has 2 aromatic carbocycles. The fraction of sp³-hybridized carbons (Fsp3) is 0.318. The van der Waals surface area contributed by atoms with Crippen molar-refractivity contribution in [2.75, 3.05) is 0 Å². The number of phenolic OH excluding ortho intramolecular Hbond substituents is 1. The monoisotopic (exact) mass is 422 g/mol. The van der Waals surface area contributed by atoms with Gasteiger partial charge in [-0.2, -0.15) is 0 Å². The minimum absolute atomic E-state index is 0.0154. The number of epoxide rings is 1. The van der Waals surface area contributed by atoms with Crippen LogP contribution in [0, 0.1) is 0 Å². The Morgan fingerprint density at radius 2 is 1.87 bits per heavy atom. The normalized spacial score (nSPS) is 35.1. The number of Topliss-reactive ketones (excluding diaryl/α,β-unsaturated/α-hetero) is 2. The highest BCUT2D eigenvalue weighted by Gasteiger charge is 2.76. The molecular weight excluding hydrogens is 408 g/mol. The lowest BCUT2D eigenvalue weighted by Gasteiger charge is -2.55. The highest BCUT2D eigenvalue weighted by Crippen LogP contribution is 2.65. The van der Waals surface area contributed by atoms with Gasteiger partial charge in [0.25, 0.3) is 11.6 Å². The molecule has 1 N–H and O–H groups in total. The molecule has 9 nitrogen and oxygen atoms in total. The second-order valence-corrected chi connectivity index (χ2v) is 8.22. The van der Waals surface area contributed by atoms with Crippen molar-refractivity contribution in [1.82, 2.24) is 0 Å². The summed E-state index contributed by atoms with van der Waals surface area (Å²) < 4.78 is 30.3. The number of carbonyl (C=O) groups is 3. The van der Waals surface area contributed by atoms with E-state index in [1.807, 2.05) is 0 Å². The van der Waals surface area contributed by atoms with Crippen LogP contribution in [0.25, 0.3) is 0 Å². The van der Waals surface area contributed by atoms with E-state index >= 15 is 0 Å². The summed E-state index contributed by atoms with van der Waals surface area (Å²) in [5.74, 6) is -4.21. The zero-order valence-corrected chi connectivity index (χ0v) is 16.0. The van der Waals surface area contributed by atoms with Crippen molar-refractivity contribution in [3.63, 3.8) is 0 Å². The Balaban J connectivity index is 1.57. The molecule has 2 aromatic rings. The van der Waals surface area contributed by atoms with E-state index in [4.69, 9.17) is 23.7 Å². The predicted octanol–water partition coefficient (Wildman–Crippen LogP) is 1.68. The highest BCUT2D eigenvalue weighted by atomic mass is 16.8. The van der Waals surface area contributed by atoms with Crippen LogP contribution in [0.2, 0.25) is 0 Å². The van der Waals surface area contributed by atoms with Gasteiger partial charge in [0.15, 0.2) is 29.9 Å². The maximum Gasteiger partial charge on any atom is 0.303 e. The first-order valence-electron chi connectivity index (χ1n) is 9.84. The maximum absolute atomic E-state index is 12.8. The van der Waals surface area contributed by atoms with E-state index in [1.165, 1.54) is 19.1 Å². The summed E-state index contributed by atoms with van der Waals surface area (Å²) in [6.45, 7) is 1.24. The molecule has 7 rings (SSSR count). The van der Waals surface area contributed by atoms with Crippen LogP contribution in [0.1, 0.15) is 45.2 Å². The number of phenols is 1. The number of ether oxygens (including phenoxy) is 5. The average molecular weight is 422 g/mol. The Labute approximate surface area is 174 Å². The largest absolute Gasteiger partial charge is 0.507 e. The molecule has 3 heterocycles. The lowest BCUT2D eigenvalue weighted by atomic mass is 9.77. The SMILES string of the molecule is CC(=O)OC1CC(=O)c2cccc3c2C12Oc1ccc(O)c4c1C(O3)(O2)C1OC1C4=O. The molecule has 1 fully saturated rings. The molecule has 31 heavy (non-hydrogen) atoms. The van der Waals surface area contributed by atoms with Crippen LogP contribution in [-0.2, 0) is 30.6 Å². The van der Waals surface area contributed by atoms with Gasteiger partial charge in [-0.15, -0.1) is 0 Å². The first kappa shape index (κ1) is 17.3.